The Morgan fingerprint density at radius 1 is 0.467 bits per heavy atom. The van der Waals surface area contributed by atoms with Gasteiger partial charge >= 0.3 is 0 Å². The van der Waals surface area contributed by atoms with Gasteiger partial charge in [0.05, 0.1) is 11.4 Å². The van der Waals surface area contributed by atoms with E-state index in [0.717, 1.165) is 43.9 Å². The second kappa shape index (κ2) is 9.93. The van der Waals surface area contributed by atoms with Crippen LogP contribution in [-0.2, 0) is 15.4 Å². The number of para-hydroxylation sites is 2. The van der Waals surface area contributed by atoms with Crippen LogP contribution >= 0.6 is 7.14 Å². The number of anilines is 3. The highest BCUT2D eigenvalue weighted by Crippen LogP contribution is 2.54. The first-order valence-corrected chi connectivity index (χ1v) is 17.4. The highest BCUT2D eigenvalue weighted by Gasteiger charge is 2.45. The summed E-state index contributed by atoms with van der Waals surface area (Å²) in [5, 5.41) is 2.78. The minimum atomic E-state index is -3.12. The lowest BCUT2D eigenvalue weighted by Gasteiger charge is -2.42. The molecule has 3 heteroatoms. The van der Waals surface area contributed by atoms with Gasteiger partial charge in [-0.1, -0.05) is 137 Å². The molecule has 0 saturated heterocycles. The summed E-state index contributed by atoms with van der Waals surface area (Å²) in [5.74, 6) is 0. The zero-order valence-corrected chi connectivity index (χ0v) is 27.1. The Labute approximate surface area is 266 Å². The highest BCUT2D eigenvalue weighted by atomic mass is 31.2. The number of fused-ring (bicyclic) bond motifs is 4. The van der Waals surface area contributed by atoms with Crippen LogP contribution in [0.2, 0.25) is 0 Å². The molecule has 0 saturated carbocycles. The molecule has 45 heavy (non-hydrogen) atoms. The van der Waals surface area contributed by atoms with E-state index in [1.54, 1.807) is 0 Å². The fourth-order valence-electron chi connectivity index (χ4n) is 7.71. The van der Waals surface area contributed by atoms with E-state index in [2.05, 4.69) is 142 Å². The molecular formula is C42H36NOP. The summed E-state index contributed by atoms with van der Waals surface area (Å²) in [5.41, 5.74) is 10.2. The molecule has 1 atom stereocenters. The Morgan fingerprint density at radius 3 is 1.76 bits per heavy atom. The van der Waals surface area contributed by atoms with E-state index < -0.39 is 7.14 Å². The van der Waals surface area contributed by atoms with Crippen molar-refractivity contribution in [3.8, 4) is 11.1 Å². The largest absolute Gasteiger partial charge is 0.310 e. The molecule has 2 aliphatic rings. The van der Waals surface area contributed by atoms with Crippen LogP contribution in [0.4, 0.5) is 17.1 Å². The van der Waals surface area contributed by atoms with Crippen LogP contribution in [0.15, 0.2) is 146 Å². The average Bonchev–Trinajstić information content (AvgIpc) is 3.08. The highest BCUT2D eigenvalue weighted by molar-refractivity contribution is 7.85. The molecule has 6 aromatic carbocycles. The maximum atomic E-state index is 15.6. The van der Waals surface area contributed by atoms with Crippen LogP contribution in [-0.4, -0.2) is 0 Å². The van der Waals surface area contributed by atoms with Crippen molar-refractivity contribution in [2.24, 2.45) is 0 Å². The molecule has 0 aromatic heterocycles. The first kappa shape index (κ1) is 27.9. The minimum absolute atomic E-state index is 0.207. The Kier molecular flexibility index (Phi) is 6.15. The van der Waals surface area contributed by atoms with E-state index in [1.165, 1.54) is 22.5 Å². The second-order valence-electron chi connectivity index (χ2n) is 13.4. The molecule has 0 spiro atoms. The monoisotopic (exact) mass is 601 g/mol. The zero-order chi connectivity index (χ0) is 31.0. The molecule has 0 bridgehead atoms. The first-order chi connectivity index (χ1) is 21.7. The predicted octanol–water partition coefficient (Wildman–Crippen LogP) is 9.74. The lowest BCUT2D eigenvalue weighted by molar-refractivity contribution is 0.586. The van der Waals surface area contributed by atoms with Crippen molar-refractivity contribution in [3.05, 3.63) is 168 Å². The second-order valence-corrected chi connectivity index (χ2v) is 16.1. The lowest BCUT2D eigenvalue weighted by atomic mass is 9.72. The summed E-state index contributed by atoms with van der Waals surface area (Å²) in [6.45, 7) is 9.17. The van der Waals surface area contributed by atoms with E-state index in [0.29, 0.717) is 0 Å². The molecular weight excluding hydrogens is 565 g/mol. The Morgan fingerprint density at radius 2 is 1.00 bits per heavy atom. The number of nitrogens with zero attached hydrogens (tertiary/aromatic N) is 1. The van der Waals surface area contributed by atoms with Gasteiger partial charge in [0.1, 0.15) is 0 Å². The summed E-state index contributed by atoms with van der Waals surface area (Å²) in [4.78, 5) is 2.38. The van der Waals surface area contributed by atoms with Crippen molar-refractivity contribution >= 4 is 40.1 Å². The van der Waals surface area contributed by atoms with Crippen LogP contribution < -0.4 is 20.8 Å². The molecule has 2 nitrogen and oxygen atoms in total. The quantitative estimate of drug-likeness (QED) is 0.188. The van der Waals surface area contributed by atoms with E-state index >= 15 is 4.57 Å². The normalized spacial score (nSPS) is 18.7. The third-order valence-corrected chi connectivity index (χ3v) is 13.3. The fraction of sp³-hybridized carbons (Fsp3) is 0.143. The van der Waals surface area contributed by atoms with Crippen LogP contribution in [0.3, 0.4) is 0 Å². The summed E-state index contributed by atoms with van der Waals surface area (Å²) in [6.07, 6.45) is 0. The SMILES string of the molecule is CC1(C)c2ccccc2N(c2ccccc2)c2ccc(-c3ccc4c(c3)P(=O)(c3ccccc3)c3ccccc3C4(C)C)cc21. The van der Waals surface area contributed by atoms with E-state index in [9.17, 15) is 0 Å². The minimum Gasteiger partial charge on any atom is -0.310 e. The van der Waals surface area contributed by atoms with Gasteiger partial charge in [0.25, 0.3) is 0 Å². The average molecular weight is 602 g/mol. The number of benzene rings is 6. The van der Waals surface area contributed by atoms with Crippen LogP contribution in [0.1, 0.15) is 49.9 Å². The Balaban J connectivity index is 1.34. The van der Waals surface area contributed by atoms with Gasteiger partial charge < -0.3 is 9.46 Å². The number of hydrogen-bond acceptors (Lipinski definition) is 2. The molecule has 0 radical (unpaired) electrons. The van der Waals surface area contributed by atoms with E-state index in [4.69, 9.17) is 0 Å². The van der Waals surface area contributed by atoms with Gasteiger partial charge in [-0.2, -0.15) is 0 Å². The van der Waals surface area contributed by atoms with Crippen molar-refractivity contribution < 1.29 is 4.57 Å². The fourth-order valence-corrected chi connectivity index (χ4v) is 11.1. The standard InChI is InChI=1S/C42H36NOP/c1-41(2)33-19-11-13-21-37(33)43(31-15-7-5-8-16-31)38-26-24-29(27-36(38)41)30-23-25-35-40(28-30)45(44,32-17-9-6-10-18-32)39-22-14-12-20-34(39)42(35,3)4/h5-28H,1-4H3. The zero-order valence-electron chi connectivity index (χ0n) is 26.2. The summed E-state index contributed by atoms with van der Waals surface area (Å²) < 4.78 is 15.6. The van der Waals surface area contributed by atoms with Crippen molar-refractivity contribution in [2.75, 3.05) is 4.90 Å². The molecule has 2 heterocycles. The van der Waals surface area contributed by atoms with Crippen LogP contribution in [0.5, 0.6) is 0 Å². The summed E-state index contributed by atoms with van der Waals surface area (Å²) in [7, 11) is -3.12. The molecule has 6 aromatic rings. The van der Waals surface area contributed by atoms with Gasteiger partial charge in [-0.05, 0) is 69.8 Å². The van der Waals surface area contributed by atoms with Gasteiger partial charge in [-0.3, -0.25) is 0 Å². The Hall–Kier alpha value is -4.65. The number of hydrogen-bond donors (Lipinski definition) is 0. The molecule has 0 amide bonds. The molecule has 0 N–H and O–H groups in total. The molecule has 0 aliphatic carbocycles. The van der Waals surface area contributed by atoms with Gasteiger partial charge in [0.15, 0.2) is 7.14 Å². The molecule has 8 rings (SSSR count). The number of rotatable bonds is 3. The third kappa shape index (κ3) is 3.99. The molecule has 1 unspecified atom stereocenters. The van der Waals surface area contributed by atoms with Crippen LogP contribution in [0.25, 0.3) is 11.1 Å². The van der Waals surface area contributed by atoms with Crippen LogP contribution in [0, 0.1) is 0 Å². The van der Waals surface area contributed by atoms with Gasteiger partial charge in [0, 0.05) is 32.4 Å². The summed E-state index contributed by atoms with van der Waals surface area (Å²) >= 11 is 0. The first-order valence-electron chi connectivity index (χ1n) is 15.7. The van der Waals surface area contributed by atoms with Crippen molar-refractivity contribution in [2.45, 2.75) is 38.5 Å². The maximum Gasteiger partial charge on any atom is 0.171 e. The molecule has 0 fully saturated rings. The molecule has 2 aliphatic heterocycles. The van der Waals surface area contributed by atoms with Gasteiger partial charge in [-0.25, -0.2) is 0 Å². The predicted molar refractivity (Wildman–Crippen MR) is 190 cm³/mol. The van der Waals surface area contributed by atoms with Crippen molar-refractivity contribution in [1.29, 1.82) is 0 Å². The smallest absolute Gasteiger partial charge is 0.171 e. The van der Waals surface area contributed by atoms with Crippen molar-refractivity contribution in [3.63, 3.8) is 0 Å². The lowest BCUT2D eigenvalue weighted by Crippen LogP contribution is -2.42. The maximum absolute atomic E-state index is 15.6. The summed E-state index contributed by atoms with van der Waals surface area (Å²) in [6, 6.07) is 51.3. The third-order valence-electron chi connectivity index (χ3n) is 10.1. The van der Waals surface area contributed by atoms with E-state index in [1.807, 2.05) is 36.4 Å². The van der Waals surface area contributed by atoms with Gasteiger partial charge in [-0.15, -0.1) is 0 Å². The van der Waals surface area contributed by atoms with Gasteiger partial charge in [0.2, 0.25) is 0 Å². The topological polar surface area (TPSA) is 20.3 Å². The van der Waals surface area contributed by atoms with Crippen molar-refractivity contribution in [1.82, 2.24) is 0 Å². The van der Waals surface area contributed by atoms with E-state index in [-0.39, 0.29) is 10.8 Å². The molecule has 220 valence electrons. The Bertz CT molecular complexity index is 2150.